The molecule has 0 aliphatic heterocycles. The van der Waals surface area contributed by atoms with Gasteiger partial charge in [0.2, 0.25) is 0 Å². The topological polar surface area (TPSA) is 37.3 Å². The van der Waals surface area contributed by atoms with Crippen LogP contribution in [0.4, 0.5) is 0 Å². The van der Waals surface area contributed by atoms with E-state index in [9.17, 15) is 4.79 Å². The molecule has 0 radical (unpaired) electrons. The van der Waals surface area contributed by atoms with E-state index in [2.05, 4.69) is 0 Å². The molecule has 0 unspecified atom stereocenters. The Morgan fingerprint density at radius 2 is 2.22 bits per heavy atom. The second-order valence-corrected chi connectivity index (χ2v) is 3.53. The van der Waals surface area contributed by atoms with Gasteiger partial charge in [0.1, 0.15) is 0 Å². The first-order chi connectivity index (χ1) is 4.27. The number of aliphatic carboxylic acids is 1. The van der Waals surface area contributed by atoms with Crippen molar-refractivity contribution in [3.63, 3.8) is 0 Å². The fourth-order valence-corrected chi connectivity index (χ4v) is 1.76. The lowest BCUT2D eigenvalue weighted by atomic mass is 10.8. The van der Waals surface area contributed by atoms with Crippen LogP contribution in [0.1, 0.15) is 0 Å². The second-order valence-electron chi connectivity index (χ2n) is 1.44. The molecule has 0 fully saturated rings. The number of carboxylic acid groups (broad SMARTS) is 1. The summed E-state index contributed by atoms with van der Waals surface area (Å²) in [5, 5.41) is 8.19. The van der Waals surface area contributed by atoms with Crippen molar-refractivity contribution in [3.8, 4) is 0 Å². The molecule has 9 heavy (non-hydrogen) atoms. The van der Waals surface area contributed by atoms with E-state index >= 15 is 0 Å². The lowest BCUT2D eigenvalue weighted by Gasteiger charge is -1.93. The Bertz CT molecular complexity index is 85.0. The third kappa shape index (κ3) is 8.17. The van der Waals surface area contributed by atoms with Gasteiger partial charge in [-0.3, -0.25) is 4.79 Å². The maximum absolute atomic E-state index is 9.93. The summed E-state index contributed by atoms with van der Waals surface area (Å²) in [6, 6.07) is 0. The lowest BCUT2D eigenvalue weighted by molar-refractivity contribution is -0.133. The molecule has 0 bridgehead atoms. The maximum atomic E-state index is 9.93. The molecule has 0 atom stereocenters. The van der Waals surface area contributed by atoms with Gasteiger partial charge in [0.25, 0.3) is 0 Å². The Kier molecular flexibility index (Phi) is 6.41. The number of hydrogen-bond donors (Lipinski definition) is 1. The number of hydrogen-bond acceptors (Lipinski definition) is 3. The minimum atomic E-state index is -0.721. The summed E-state index contributed by atoms with van der Waals surface area (Å²) in [6.45, 7) is 0. The Labute approximate surface area is 63.4 Å². The molecule has 0 amide bonds. The monoisotopic (exact) mass is 166 g/mol. The summed E-state index contributed by atoms with van der Waals surface area (Å²) >= 11 is 3.21. The molecule has 0 aromatic rings. The summed E-state index contributed by atoms with van der Waals surface area (Å²) in [5.74, 6) is 1.49. The minimum Gasteiger partial charge on any atom is -0.481 e. The van der Waals surface area contributed by atoms with Crippen LogP contribution in [-0.2, 0) is 4.79 Å². The molecular formula is C5H10O2S2. The second kappa shape index (κ2) is 6.29. The standard InChI is InChI=1S/C5H10O2S2/c1-8-2-3-9-4-5(6)7/h2-4H2,1H3,(H,6,7). The Balaban J connectivity index is 2.83. The first kappa shape index (κ1) is 9.17. The molecule has 1 N–H and O–H groups in total. The fraction of sp³-hybridized carbons (Fsp3) is 0.800. The van der Waals surface area contributed by atoms with Crippen molar-refractivity contribution in [1.82, 2.24) is 0 Å². The van der Waals surface area contributed by atoms with E-state index in [-0.39, 0.29) is 5.75 Å². The average molecular weight is 166 g/mol. The Morgan fingerprint density at radius 1 is 1.56 bits per heavy atom. The molecular weight excluding hydrogens is 156 g/mol. The van der Waals surface area contributed by atoms with Crippen LogP contribution in [0.25, 0.3) is 0 Å². The van der Waals surface area contributed by atoms with Gasteiger partial charge in [-0.05, 0) is 6.26 Å². The lowest BCUT2D eigenvalue weighted by Crippen LogP contribution is -1.99. The highest BCUT2D eigenvalue weighted by Crippen LogP contribution is 2.02. The van der Waals surface area contributed by atoms with Crippen molar-refractivity contribution in [1.29, 1.82) is 0 Å². The summed E-state index contributed by atoms with van der Waals surface area (Å²) in [6.07, 6.45) is 2.02. The van der Waals surface area contributed by atoms with Crippen molar-refractivity contribution < 1.29 is 9.90 Å². The molecule has 0 rings (SSSR count). The molecule has 0 aromatic heterocycles. The zero-order valence-electron chi connectivity index (χ0n) is 5.29. The Hall–Kier alpha value is 0.170. The molecule has 0 spiro atoms. The smallest absolute Gasteiger partial charge is 0.313 e. The van der Waals surface area contributed by atoms with Crippen LogP contribution >= 0.6 is 23.5 Å². The van der Waals surface area contributed by atoms with Gasteiger partial charge >= 0.3 is 5.97 Å². The predicted molar refractivity (Wildman–Crippen MR) is 43.3 cm³/mol. The first-order valence-corrected chi connectivity index (χ1v) is 5.10. The van der Waals surface area contributed by atoms with E-state index in [4.69, 9.17) is 5.11 Å². The van der Waals surface area contributed by atoms with Gasteiger partial charge in [0.05, 0.1) is 5.75 Å². The van der Waals surface area contributed by atoms with Gasteiger partial charge in [0.15, 0.2) is 0 Å². The van der Waals surface area contributed by atoms with Gasteiger partial charge in [-0.1, -0.05) is 0 Å². The molecule has 4 heteroatoms. The molecule has 0 saturated heterocycles. The molecule has 0 aliphatic carbocycles. The van der Waals surface area contributed by atoms with Crippen LogP contribution in [0.15, 0.2) is 0 Å². The van der Waals surface area contributed by atoms with Gasteiger partial charge in [-0.2, -0.15) is 11.8 Å². The molecule has 0 aromatic carbocycles. The summed E-state index contributed by atoms with van der Waals surface area (Å²) in [7, 11) is 0. The van der Waals surface area contributed by atoms with Crippen LogP contribution in [-0.4, -0.2) is 34.6 Å². The van der Waals surface area contributed by atoms with Crippen LogP contribution in [0.2, 0.25) is 0 Å². The SMILES string of the molecule is CSCCSCC(=O)O. The number of thioether (sulfide) groups is 2. The molecule has 54 valence electrons. The van der Waals surface area contributed by atoms with Crippen LogP contribution in [0.3, 0.4) is 0 Å². The third-order valence-electron chi connectivity index (χ3n) is 0.657. The van der Waals surface area contributed by atoms with Crippen molar-refractivity contribution >= 4 is 29.5 Å². The van der Waals surface area contributed by atoms with Crippen molar-refractivity contribution in [2.45, 2.75) is 0 Å². The van der Waals surface area contributed by atoms with Crippen molar-refractivity contribution in [3.05, 3.63) is 0 Å². The number of carboxylic acids is 1. The molecule has 0 saturated carbocycles. The van der Waals surface area contributed by atoms with E-state index in [0.717, 1.165) is 11.5 Å². The largest absolute Gasteiger partial charge is 0.481 e. The molecule has 0 heterocycles. The van der Waals surface area contributed by atoms with E-state index in [0.29, 0.717) is 0 Å². The minimum absolute atomic E-state index is 0.237. The van der Waals surface area contributed by atoms with Crippen molar-refractivity contribution in [2.24, 2.45) is 0 Å². The highest BCUT2D eigenvalue weighted by molar-refractivity contribution is 8.02. The van der Waals surface area contributed by atoms with Gasteiger partial charge in [-0.25, -0.2) is 0 Å². The zero-order chi connectivity index (χ0) is 7.11. The average Bonchev–Trinajstić information content (AvgIpc) is 1.80. The normalized spacial score (nSPS) is 9.44. The van der Waals surface area contributed by atoms with Crippen LogP contribution in [0.5, 0.6) is 0 Å². The number of carbonyl (C=O) groups is 1. The highest BCUT2D eigenvalue weighted by atomic mass is 32.2. The summed E-state index contributed by atoms with van der Waals surface area (Å²) in [5.41, 5.74) is 0. The quantitative estimate of drug-likeness (QED) is 0.622. The van der Waals surface area contributed by atoms with Crippen LogP contribution < -0.4 is 0 Å². The summed E-state index contributed by atoms with van der Waals surface area (Å²) < 4.78 is 0. The Morgan fingerprint density at radius 3 is 2.67 bits per heavy atom. The van der Waals surface area contributed by atoms with Gasteiger partial charge < -0.3 is 5.11 Å². The molecule has 0 aliphatic rings. The van der Waals surface area contributed by atoms with Gasteiger partial charge in [0, 0.05) is 11.5 Å². The van der Waals surface area contributed by atoms with Gasteiger partial charge in [-0.15, -0.1) is 11.8 Å². The van der Waals surface area contributed by atoms with Crippen molar-refractivity contribution in [2.75, 3.05) is 23.5 Å². The zero-order valence-corrected chi connectivity index (χ0v) is 6.93. The number of rotatable bonds is 5. The predicted octanol–water partition coefficient (Wildman–Crippen LogP) is 1.17. The van der Waals surface area contributed by atoms with Crippen LogP contribution in [0, 0.1) is 0 Å². The molecule has 2 nitrogen and oxygen atoms in total. The van der Waals surface area contributed by atoms with E-state index < -0.39 is 5.97 Å². The fourth-order valence-electron chi connectivity index (χ4n) is 0.302. The maximum Gasteiger partial charge on any atom is 0.313 e. The third-order valence-corrected chi connectivity index (χ3v) is 2.47. The summed E-state index contributed by atoms with van der Waals surface area (Å²) in [4.78, 5) is 9.93. The van der Waals surface area contributed by atoms with E-state index in [1.807, 2.05) is 6.26 Å². The van der Waals surface area contributed by atoms with E-state index in [1.54, 1.807) is 11.8 Å². The first-order valence-electron chi connectivity index (χ1n) is 2.56. The highest BCUT2D eigenvalue weighted by Gasteiger charge is 1.94. The van der Waals surface area contributed by atoms with E-state index in [1.165, 1.54) is 11.8 Å².